The van der Waals surface area contributed by atoms with Crippen LogP contribution < -0.4 is 16.4 Å². The van der Waals surface area contributed by atoms with E-state index in [-0.39, 0.29) is 39.4 Å². The van der Waals surface area contributed by atoms with E-state index in [0.29, 0.717) is 22.4 Å². The van der Waals surface area contributed by atoms with Crippen LogP contribution in [0.2, 0.25) is 5.02 Å². The molecule has 1 atom stereocenters. The van der Waals surface area contributed by atoms with E-state index in [0.717, 1.165) is 5.56 Å². The number of fused-ring (bicyclic) bond motifs is 1. The molecule has 0 unspecified atom stereocenters. The summed E-state index contributed by atoms with van der Waals surface area (Å²) in [6.45, 7) is 3.34. The fraction of sp³-hybridized carbons (Fsp3) is 0.133. The van der Waals surface area contributed by atoms with E-state index < -0.39 is 29.0 Å². The molecule has 0 saturated carbocycles. The number of amides is 1. The molecule has 0 radical (unpaired) electrons. The molecule has 0 spiro atoms. The zero-order valence-corrected chi connectivity index (χ0v) is 22.2. The summed E-state index contributed by atoms with van der Waals surface area (Å²) in [6, 6.07) is 16.3. The number of carbonyl (C=O) groups is 1. The van der Waals surface area contributed by atoms with E-state index in [9.17, 15) is 23.2 Å². The largest absolute Gasteiger partial charge is 0.351 e. The van der Waals surface area contributed by atoms with Gasteiger partial charge in [0.15, 0.2) is 0 Å². The van der Waals surface area contributed by atoms with E-state index in [1.54, 1.807) is 44.2 Å². The van der Waals surface area contributed by atoms with Gasteiger partial charge in [-0.25, -0.2) is 13.8 Å². The van der Waals surface area contributed by atoms with Gasteiger partial charge < -0.3 is 15.3 Å². The highest BCUT2D eigenvalue weighted by Crippen LogP contribution is 2.28. The van der Waals surface area contributed by atoms with Crippen LogP contribution in [-0.2, 0) is 0 Å². The SMILES string of the molecule is Cc1[nH]c(=O)ccc1-c1ccc(C(=O)NC[C@@H](c2cccc(F)c2)c2nc3c(F)ccc(C)c3c(=O)[nH]2)c(Cl)c1. The first kappa shape index (κ1) is 27.0. The first-order chi connectivity index (χ1) is 19.1. The molecule has 0 aliphatic heterocycles. The Morgan fingerprint density at radius 2 is 1.80 bits per heavy atom. The number of nitrogens with zero attached hydrogens (tertiary/aromatic N) is 1. The summed E-state index contributed by atoms with van der Waals surface area (Å²) in [5, 5.41) is 3.08. The molecule has 2 aromatic heterocycles. The van der Waals surface area contributed by atoms with Gasteiger partial charge in [-0.05, 0) is 66.9 Å². The number of pyridine rings is 1. The molecule has 0 bridgehead atoms. The summed E-state index contributed by atoms with van der Waals surface area (Å²) in [4.78, 5) is 47.4. The van der Waals surface area contributed by atoms with Crippen molar-refractivity contribution in [3.63, 3.8) is 0 Å². The van der Waals surface area contributed by atoms with Crippen molar-refractivity contribution in [3.05, 3.63) is 132 Å². The third-order valence-corrected chi connectivity index (χ3v) is 7.04. The minimum Gasteiger partial charge on any atom is -0.351 e. The normalized spacial score (nSPS) is 11.9. The lowest BCUT2D eigenvalue weighted by atomic mass is 9.97. The van der Waals surface area contributed by atoms with Gasteiger partial charge >= 0.3 is 0 Å². The van der Waals surface area contributed by atoms with Gasteiger partial charge in [-0.2, -0.15) is 0 Å². The highest BCUT2D eigenvalue weighted by molar-refractivity contribution is 6.34. The van der Waals surface area contributed by atoms with Crippen LogP contribution in [0.1, 0.15) is 38.9 Å². The van der Waals surface area contributed by atoms with Crippen LogP contribution in [0, 0.1) is 25.5 Å². The number of aromatic amines is 2. The number of halogens is 3. The molecule has 7 nitrogen and oxygen atoms in total. The predicted molar refractivity (Wildman–Crippen MR) is 150 cm³/mol. The number of hydrogen-bond acceptors (Lipinski definition) is 4. The quantitative estimate of drug-likeness (QED) is 0.259. The molecule has 3 N–H and O–H groups in total. The Bertz CT molecular complexity index is 1900. The highest BCUT2D eigenvalue weighted by Gasteiger charge is 2.22. The second-order valence-electron chi connectivity index (χ2n) is 9.41. The summed E-state index contributed by atoms with van der Waals surface area (Å²) in [6.07, 6.45) is 0. The third kappa shape index (κ3) is 5.28. The lowest BCUT2D eigenvalue weighted by molar-refractivity contribution is 0.0952. The number of nitrogens with one attached hydrogen (secondary N) is 3. The smallest absolute Gasteiger partial charge is 0.259 e. The van der Waals surface area contributed by atoms with Crippen molar-refractivity contribution < 1.29 is 13.6 Å². The fourth-order valence-electron chi connectivity index (χ4n) is 4.70. The number of aromatic nitrogens is 3. The summed E-state index contributed by atoms with van der Waals surface area (Å²) >= 11 is 6.46. The van der Waals surface area contributed by atoms with Crippen molar-refractivity contribution in [3.8, 4) is 11.1 Å². The second-order valence-corrected chi connectivity index (χ2v) is 9.82. The standard InChI is InChI=1S/C30H23ClF2N4O3/c1-15-6-10-24(33)27-26(15)30(40)37-28(36-27)22(17-4-3-5-19(32)12-17)14-34-29(39)21-8-7-18(13-23(21)31)20-9-11-25(38)35-16(20)2/h3-13,22H,14H2,1-2H3,(H,34,39)(H,35,38)(H,36,37,40)/t22-/m0/s1. The Morgan fingerprint density at radius 1 is 1.00 bits per heavy atom. The maximum absolute atomic E-state index is 14.7. The van der Waals surface area contributed by atoms with Gasteiger partial charge in [0.05, 0.1) is 21.9 Å². The molecule has 202 valence electrons. The average molecular weight is 561 g/mol. The summed E-state index contributed by atoms with van der Waals surface area (Å²) < 4.78 is 28.8. The van der Waals surface area contributed by atoms with Crippen molar-refractivity contribution >= 4 is 28.4 Å². The van der Waals surface area contributed by atoms with E-state index in [2.05, 4.69) is 20.3 Å². The molecule has 40 heavy (non-hydrogen) atoms. The van der Waals surface area contributed by atoms with Gasteiger partial charge in [0, 0.05) is 23.9 Å². The van der Waals surface area contributed by atoms with Gasteiger partial charge in [-0.3, -0.25) is 14.4 Å². The average Bonchev–Trinajstić information content (AvgIpc) is 2.90. The molecular formula is C30H23ClF2N4O3. The number of hydrogen-bond donors (Lipinski definition) is 3. The van der Waals surface area contributed by atoms with Crippen molar-refractivity contribution in [2.24, 2.45) is 0 Å². The fourth-order valence-corrected chi connectivity index (χ4v) is 4.96. The molecule has 5 aromatic rings. The van der Waals surface area contributed by atoms with Crippen molar-refractivity contribution in [2.45, 2.75) is 19.8 Å². The Labute approximate surface area is 231 Å². The number of benzene rings is 3. The minimum atomic E-state index is -0.807. The summed E-state index contributed by atoms with van der Waals surface area (Å²) in [7, 11) is 0. The van der Waals surface area contributed by atoms with Crippen LogP contribution in [0.4, 0.5) is 8.78 Å². The first-order valence-corrected chi connectivity index (χ1v) is 12.7. The topological polar surface area (TPSA) is 108 Å². The Hall–Kier alpha value is -4.63. The number of rotatable bonds is 6. The molecule has 3 aromatic carbocycles. The Balaban J connectivity index is 1.47. The van der Waals surface area contributed by atoms with E-state index in [1.807, 2.05) is 0 Å². The van der Waals surface area contributed by atoms with Crippen molar-refractivity contribution in [2.75, 3.05) is 6.54 Å². The van der Waals surface area contributed by atoms with Crippen molar-refractivity contribution in [1.29, 1.82) is 0 Å². The molecule has 10 heteroatoms. The molecule has 1 amide bonds. The van der Waals surface area contributed by atoms with Gasteiger partial charge in [-0.15, -0.1) is 0 Å². The van der Waals surface area contributed by atoms with Gasteiger partial charge in [0.2, 0.25) is 5.56 Å². The van der Waals surface area contributed by atoms with Gasteiger partial charge in [-0.1, -0.05) is 35.9 Å². The summed E-state index contributed by atoms with van der Waals surface area (Å²) in [5.74, 6) is -2.43. The maximum atomic E-state index is 14.7. The lowest BCUT2D eigenvalue weighted by Gasteiger charge is -2.19. The zero-order valence-electron chi connectivity index (χ0n) is 21.4. The van der Waals surface area contributed by atoms with Crippen LogP contribution in [0.25, 0.3) is 22.0 Å². The predicted octanol–water partition coefficient (Wildman–Crippen LogP) is 5.39. The first-order valence-electron chi connectivity index (χ1n) is 12.3. The summed E-state index contributed by atoms with van der Waals surface area (Å²) in [5.41, 5.74) is 2.42. The van der Waals surface area contributed by atoms with Crippen LogP contribution in [0.5, 0.6) is 0 Å². The number of carbonyl (C=O) groups excluding carboxylic acids is 1. The Morgan fingerprint density at radius 3 is 2.52 bits per heavy atom. The number of H-pyrrole nitrogens is 2. The molecule has 5 rings (SSSR count). The minimum absolute atomic E-state index is 0.0721. The maximum Gasteiger partial charge on any atom is 0.259 e. The molecule has 2 heterocycles. The van der Waals surface area contributed by atoms with Crippen molar-refractivity contribution in [1.82, 2.24) is 20.3 Å². The molecule has 0 saturated heterocycles. The van der Waals surface area contributed by atoms with Crippen LogP contribution >= 0.6 is 11.6 Å². The van der Waals surface area contributed by atoms with Crippen LogP contribution in [0.3, 0.4) is 0 Å². The van der Waals surface area contributed by atoms with E-state index >= 15 is 0 Å². The van der Waals surface area contributed by atoms with E-state index in [4.69, 9.17) is 11.6 Å². The van der Waals surface area contributed by atoms with Gasteiger partial charge in [0.25, 0.3) is 11.5 Å². The van der Waals surface area contributed by atoms with E-state index in [1.165, 1.54) is 36.4 Å². The van der Waals surface area contributed by atoms with Crippen LogP contribution in [0.15, 0.2) is 76.3 Å². The molecular weight excluding hydrogens is 538 g/mol. The Kier molecular flexibility index (Phi) is 7.32. The van der Waals surface area contributed by atoms with Crippen LogP contribution in [-0.4, -0.2) is 27.4 Å². The monoisotopic (exact) mass is 560 g/mol. The highest BCUT2D eigenvalue weighted by atomic mass is 35.5. The zero-order chi connectivity index (χ0) is 28.6. The molecule has 0 aliphatic carbocycles. The van der Waals surface area contributed by atoms with Gasteiger partial charge in [0.1, 0.15) is 23.0 Å². The lowest BCUT2D eigenvalue weighted by Crippen LogP contribution is -2.31. The number of aryl methyl sites for hydroxylation is 2. The molecule has 0 fully saturated rings. The third-order valence-electron chi connectivity index (χ3n) is 6.73. The molecule has 0 aliphatic rings. The second kappa shape index (κ2) is 10.9.